The molecule has 1 N–H and O–H groups in total. The molecule has 1 unspecified atom stereocenters. The first-order chi connectivity index (χ1) is 14.9. The molecule has 3 fully saturated rings. The molecule has 1 saturated carbocycles. The summed E-state index contributed by atoms with van der Waals surface area (Å²) in [6.07, 6.45) is 5.80. The van der Waals surface area contributed by atoms with Gasteiger partial charge < -0.3 is 10.2 Å². The summed E-state index contributed by atoms with van der Waals surface area (Å²) in [5, 5.41) is 2.29. The average Bonchev–Trinajstić information content (AvgIpc) is 3.46. The lowest BCUT2D eigenvalue weighted by Gasteiger charge is -2.24. The predicted molar refractivity (Wildman–Crippen MR) is 114 cm³/mol. The zero-order chi connectivity index (χ0) is 22.0. The molecular formula is C22H24FN3O4S. The first-order valence-electron chi connectivity index (χ1n) is 10.5. The largest absolute Gasteiger partial charge is 0.354 e. The molecule has 2 saturated heterocycles. The molecule has 0 spiro atoms. The summed E-state index contributed by atoms with van der Waals surface area (Å²) in [4.78, 5) is 52.5. The molecule has 3 aliphatic rings. The van der Waals surface area contributed by atoms with Crippen LogP contribution in [0.15, 0.2) is 29.2 Å². The standard InChI is InChI=1S/C22H24FN3O4S/c23-17-8-4-1-5-14(17)11-18-21(29)25(22(30)31-18)10-9-24-20(28)15-12-19(27)26(13-15)16-6-2-3-7-16/h1,4-5,8,11,15-16H,2-3,6-7,9-10,12-13H2,(H,24,28)/b18-11-. The van der Waals surface area contributed by atoms with Gasteiger partial charge in [0.2, 0.25) is 11.8 Å². The molecule has 164 valence electrons. The van der Waals surface area contributed by atoms with Crippen molar-refractivity contribution in [1.29, 1.82) is 0 Å². The van der Waals surface area contributed by atoms with E-state index in [2.05, 4.69) is 5.32 Å². The van der Waals surface area contributed by atoms with Crippen LogP contribution in [-0.2, 0) is 14.4 Å². The second-order valence-corrected chi connectivity index (χ2v) is 9.02. The number of rotatable bonds is 6. The number of amides is 4. The Bertz CT molecular complexity index is 944. The van der Waals surface area contributed by atoms with Gasteiger partial charge in [0.15, 0.2) is 0 Å². The van der Waals surface area contributed by atoms with Crippen LogP contribution in [0.2, 0.25) is 0 Å². The maximum atomic E-state index is 13.8. The van der Waals surface area contributed by atoms with Crippen molar-refractivity contribution in [2.24, 2.45) is 5.92 Å². The summed E-state index contributed by atoms with van der Waals surface area (Å²) in [5.41, 5.74) is 0.235. The van der Waals surface area contributed by atoms with Gasteiger partial charge in [0, 0.05) is 37.7 Å². The third-order valence-corrected chi connectivity index (χ3v) is 6.90. The fourth-order valence-corrected chi connectivity index (χ4v) is 5.19. The summed E-state index contributed by atoms with van der Waals surface area (Å²) in [5.74, 6) is -1.58. The lowest BCUT2D eigenvalue weighted by Crippen LogP contribution is -2.40. The molecular weight excluding hydrogens is 421 g/mol. The summed E-state index contributed by atoms with van der Waals surface area (Å²) in [6.45, 7) is 0.568. The van der Waals surface area contributed by atoms with E-state index in [4.69, 9.17) is 0 Å². The topological polar surface area (TPSA) is 86.8 Å². The van der Waals surface area contributed by atoms with E-state index in [1.165, 1.54) is 18.2 Å². The number of benzene rings is 1. The molecule has 2 aliphatic heterocycles. The Morgan fingerprint density at radius 2 is 1.94 bits per heavy atom. The molecule has 4 rings (SSSR count). The zero-order valence-corrected chi connectivity index (χ0v) is 17.8. The molecule has 1 atom stereocenters. The van der Waals surface area contributed by atoms with Gasteiger partial charge in [-0.3, -0.25) is 24.1 Å². The summed E-state index contributed by atoms with van der Waals surface area (Å²) < 4.78 is 13.8. The molecule has 31 heavy (non-hydrogen) atoms. The van der Waals surface area contributed by atoms with Crippen molar-refractivity contribution in [3.8, 4) is 0 Å². The van der Waals surface area contributed by atoms with E-state index in [-0.39, 0.29) is 47.8 Å². The maximum absolute atomic E-state index is 13.8. The molecule has 9 heteroatoms. The first-order valence-corrected chi connectivity index (χ1v) is 11.3. The van der Waals surface area contributed by atoms with E-state index in [1.807, 2.05) is 4.90 Å². The number of carbonyl (C=O) groups is 4. The molecule has 2 heterocycles. The molecule has 1 aromatic rings. The van der Waals surface area contributed by atoms with Crippen molar-refractivity contribution < 1.29 is 23.6 Å². The van der Waals surface area contributed by atoms with Crippen LogP contribution in [0.5, 0.6) is 0 Å². The van der Waals surface area contributed by atoms with Crippen molar-refractivity contribution >= 4 is 40.8 Å². The minimum Gasteiger partial charge on any atom is -0.354 e. The Labute approximate surface area is 184 Å². The zero-order valence-electron chi connectivity index (χ0n) is 17.0. The number of hydrogen-bond donors (Lipinski definition) is 1. The Morgan fingerprint density at radius 3 is 2.68 bits per heavy atom. The Kier molecular flexibility index (Phi) is 6.41. The van der Waals surface area contributed by atoms with E-state index >= 15 is 0 Å². The van der Waals surface area contributed by atoms with E-state index in [1.54, 1.807) is 12.1 Å². The van der Waals surface area contributed by atoms with Gasteiger partial charge in [0.25, 0.3) is 11.1 Å². The minimum atomic E-state index is -0.504. The number of carbonyl (C=O) groups excluding carboxylic acids is 4. The number of likely N-dealkylation sites (tertiary alicyclic amines) is 1. The van der Waals surface area contributed by atoms with Crippen LogP contribution in [0.3, 0.4) is 0 Å². The molecule has 1 aromatic carbocycles. The van der Waals surface area contributed by atoms with Crippen LogP contribution in [0, 0.1) is 11.7 Å². The quantitative estimate of drug-likeness (QED) is 0.681. The first kappa shape index (κ1) is 21.5. The lowest BCUT2D eigenvalue weighted by atomic mass is 10.1. The van der Waals surface area contributed by atoms with Crippen LogP contribution < -0.4 is 5.32 Å². The highest BCUT2D eigenvalue weighted by molar-refractivity contribution is 8.18. The molecule has 4 amide bonds. The Balaban J connectivity index is 1.29. The summed E-state index contributed by atoms with van der Waals surface area (Å²) in [7, 11) is 0. The number of nitrogens with one attached hydrogen (secondary N) is 1. The van der Waals surface area contributed by atoms with Gasteiger partial charge in [-0.25, -0.2) is 4.39 Å². The van der Waals surface area contributed by atoms with Crippen molar-refractivity contribution in [1.82, 2.24) is 15.1 Å². The Hall–Kier alpha value is -2.68. The normalized spacial score (nSPS) is 23.5. The van der Waals surface area contributed by atoms with Gasteiger partial charge in [-0.1, -0.05) is 31.0 Å². The van der Waals surface area contributed by atoms with Crippen molar-refractivity contribution in [3.05, 3.63) is 40.6 Å². The van der Waals surface area contributed by atoms with Crippen LogP contribution in [0.1, 0.15) is 37.7 Å². The van der Waals surface area contributed by atoms with Gasteiger partial charge in [0.05, 0.1) is 10.8 Å². The van der Waals surface area contributed by atoms with Gasteiger partial charge in [-0.05, 0) is 36.7 Å². The van der Waals surface area contributed by atoms with Crippen LogP contribution in [0.25, 0.3) is 6.08 Å². The van der Waals surface area contributed by atoms with Crippen LogP contribution >= 0.6 is 11.8 Å². The monoisotopic (exact) mass is 445 g/mol. The van der Waals surface area contributed by atoms with Crippen LogP contribution in [-0.4, -0.2) is 58.4 Å². The fourth-order valence-electron chi connectivity index (χ4n) is 4.34. The highest BCUT2D eigenvalue weighted by Crippen LogP contribution is 2.32. The lowest BCUT2D eigenvalue weighted by molar-refractivity contribution is -0.130. The van der Waals surface area contributed by atoms with Crippen molar-refractivity contribution in [2.45, 2.75) is 38.1 Å². The summed E-state index contributed by atoms with van der Waals surface area (Å²) in [6, 6.07) is 6.26. The van der Waals surface area contributed by atoms with Crippen molar-refractivity contribution in [3.63, 3.8) is 0 Å². The number of hydrogen-bond acceptors (Lipinski definition) is 5. The maximum Gasteiger partial charge on any atom is 0.293 e. The van der Waals surface area contributed by atoms with Gasteiger partial charge >= 0.3 is 0 Å². The number of imide groups is 1. The molecule has 0 bridgehead atoms. The molecule has 0 radical (unpaired) electrons. The van der Waals surface area contributed by atoms with Crippen molar-refractivity contribution in [2.75, 3.05) is 19.6 Å². The summed E-state index contributed by atoms with van der Waals surface area (Å²) >= 11 is 0.752. The van der Waals surface area contributed by atoms with E-state index < -0.39 is 22.9 Å². The Morgan fingerprint density at radius 1 is 1.19 bits per heavy atom. The van der Waals surface area contributed by atoms with Crippen LogP contribution in [0.4, 0.5) is 9.18 Å². The molecule has 7 nitrogen and oxygen atoms in total. The third kappa shape index (κ3) is 4.66. The van der Waals surface area contributed by atoms with E-state index in [9.17, 15) is 23.6 Å². The second kappa shape index (κ2) is 9.21. The van der Waals surface area contributed by atoms with Gasteiger partial charge in [-0.15, -0.1) is 0 Å². The molecule has 1 aliphatic carbocycles. The average molecular weight is 446 g/mol. The SMILES string of the molecule is O=C(NCCN1C(=O)S/C(=C\c2ccccc2F)C1=O)C1CC(=O)N(C2CCCC2)C1. The van der Waals surface area contributed by atoms with Gasteiger partial charge in [-0.2, -0.15) is 0 Å². The smallest absolute Gasteiger partial charge is 0.293 e. The number of nitrogens with zero attached hydrogens (tertiary/aromatic N) is 2. The van der Waals surface area contributed by atoms with E-state index in [0.29, 0.717) is 6.54 Å². The minimum absolute atomic E-state index is 0.0243. The predicted octanol–water partition coefficient (Wildman–Crippen LogP) is 2.77. The molecule has 0 aromatic heterocycles. The highest BCUT2D eigenvalue weighted by Gasteiger charge is 2.39. The third-order valence-electron chi connectivity index (χ3n) is 5.99. The number of halogens is 1. The van der Waals surface area contributed by atoms with Gasteiger partial charge in [0.1, 0.15) is 5.82 Å². The van der Waals surface area contributed by atoms with E-state index in [0.717, 1.165) is 42.3 Å². The second-order valence-electron chi connectivity index (χ2n) is 8.03. The fraction of sp³-hybridized carbons (Fsp3) is 0.455. The highest BCUT2D eigenvalue weighted by atomic mass is 32.2. The number of thioether (sulfide) groups is 1.